The normalized spacial score (nSPS) is 19.0. The fourth-order valence-electron chi connectivity index (χ4n) is 5.07. The number of anilines is 2. The van der Waals surface area contributed by atoms with E-state index in [2.05, 4.69) is 10.6 Å². The number of carbonyl (C=O) groups is 1. The van der Waals surface area contributed by atoms with Gasteiger partial charge >= 0.3 is 0 Å². The van der Waals surface area contributed by atoms with Crippen molar-refractivity contribution in [1.82, 2.24) is 0 Å². The van der Waals surface area contributed by atoms with Crippen LogP contribution in [0.5, 0.6) is 17.2 Å². The third kappa shape index (κ3) is 4.32. The lowest BCUT2D eigenvalue weighted by Gasteiger charge is -2.30. The topological polar surface area (TPSA) is 68.8 Å². The zero-order valence-corrected chi connectivity index (χ0v) is 20.3. The number of allylic oxidation sites excluding steroid dienone is 1. The number of para-hydroxylation sites is 3. The van der Waals surface area contributed by atoms with E-state index in [1.165, 1.54) is 0 Å². The van der Waals surface area contributed by atoms with Gasteiger partial charge in [0.05, 0.1) is 38.2 Å². The summed E-state index contributed by atoms with van der Waals surface area (Å²) in [6.45, 7) is 2.53. The van der Waals surface area contributed by atoms with E-state index in [9.17, 15) is 4.79 Å². The van der Waals surface area contributed by atoms with Crippen molar-refractivity contribution in [2.75, 3.05) is 31.5 Å². The monoisotopic (exact) mass is 470 g/mol. The van der Waals surface area contributed by atoms with Crippen molar-refractivity contribution in [3.63, 3.8) is 0 Å². The van der Waals surface area contributed by atoms with E-state index >= 15 is 0 Å². The van der Waals surface area contributed by atoms with Gasteiger partial charge in [-0.15, -0.1) is 0 Å². The van der Waals surface area contributed by atoms with Gasteiger partial charge in [-0.05, 0) is 55.2 Å². The Morgan fingerprint density at radius 3 is 2.37 bits per heavy atom. The number of carbonyl (C=O) groups excluding carboxylic acids is 1. The molecule has 180 valence electrons. The van der Waals surface area contributed by atoms with Gasteiger partial charge in [0.15, 0.2) is 17.3 Å². The van der Waals surface area contributed by atoms with Crippen molar-refractivity contribution < 1.29 is 19.0 Å². The predicted molar refractivity (Wildman–Crippen MR) is 138 cm³/mol. The molecule has 0 amide bonds. The second-order valence-electron chi connectivity index (χ2n) is 8.75. The van der Waals surface area contributed by atoms with Gasteiger partial charge in [0, 0.05) is 23.3 Å². The molecule has 2 unspecified atom stereocenters. The van der Waals surface area contributed by atoms with E-state index in [0.29, 0.717) is 30.9 Å². The van der Waals surface area contributed by atoms with Gasteiger partial charge in [-0.2, -0.15) is 0 Å². The smallest absolute Gasteiger partial charge is 0.163 e. The molecule has 1 heterocycles. The quantitative estimate of drug-likeness (QED) is 0.455. The number of methoxy groups -OCH3 is 2. The van der Waals surface area contributed by atoms with Crippen LogP contribution in [0.25, 0.3) is 0 Å². The first-order chi connectivity index (χ1) is 17.1. The summed E-state index contributed by atoms with van der Waals surface area (Å²) >= 11 is 0. The summed E-state index contributed by atoms with van der Waals surface area (Å²) in [4.78, 5) is 13.8. The molecule has 35 heavy (non-hydrogen) atoms. The summed E-state index contributed by atoms with van der Waals surface area (Å²) in [5.74, 6) is 2.28. The first-order valence-corrected chi connectivity index (χ1v) is 11.9. The Balaban J connectivity index is 1.60. The average Bonchev–Trinajstić information content (AvgIpc) is 3.05. The minimum atomic E-state index is -0.317. The lowest BCUT2D eigenvalue weighted by molar-refractivity contribution is -0.116. The first kappa shape index (κ1) is 22.8. The Hall–Kier alpha value is -3.93. The summed E-state index contributed by atoms with van der Waals surface area (Å²) in [5, 5.41) is 7.23. The highest BCUT2D eigenvalue weighted by Gasteiger charge is 2.37. The lowest BCUT2D eigenvalue weighted by Crippen LogP contribution is -2.27. The number of Topliss-reactive ketones (excluding diaryl/α,β-unsaturated/α-hetero) is 1. The largest absolute Gasteiger partial charge is 0.494 e. The SMILES string of the molecule is CCOc1ccccc1C1Nc2ccccc2NC2=C1C(=O)CC(c1ccc(OC)c(OC)c1)C2. The van der Waals surface area contributed by atoms with Gasteiger partial charge < -0.3 is 24.8 Å². The molecule has 3 aromatic rings. The van der Waals surface area contributed by atoms with Crippen molar-refractivity contribution in [2.45, 2.75) is 31.7 Å². The summed E-state index contributed by atoms with van der Waals surface area (Å²) in [6, 6.07) is 21.6. The number of nitrogens with one attached hydrogen (secondary N) is 2. The Morgan fingerprint density at radius 2 is 1.60 bits per heavy atom. The summed E-state index contributed by atoms with van der Waals surface area (Å²) in [5.41, 5.74) is 5.63. The molecular weight excluding hydrogens is 440 g/mol. The van der Waals surface area contributed by atoms with Crippen molar-refractivity contribution in [2.24, 2.45) is 0 Å². The molecule has 2 atom stereocenters. The zero-order chi connectivity index (χ0) is 24.4. The van der Waals surface area contributed by atoms with E-state index < -0.39 is 0 Å². The average molecular weight is 471 g/mol. The fourth-order valence-corrected chi connectivity index (χ4v) is 5.07. The Morgan fingerprint density at radius 1 is 0.857 bits per heavy atom. The third-order valence-corrected chi connectivity index (χ3v) is 6.72. The van der Waals surface area contributed by atoms with Crippen LogP contribution in [0.15, 0.2) is 78.0 Å². The molecule has 6 heteroatoms. The molecule has 0 saturated heterocycles. The molecule has 0 fully saturated rings. The van der Waals surface area contributed by atoms with Crippen LogP contribution in [0, 0.1) is 0 Å². The number of rotatable bonds is 6. The number of benzene rings is 3. The Kier molecular flexibility index (Phi) is 6.36. The highest BCUT2D eigenvalue weighted by molar-refractivity contribution is 6.01. The van der Waals surface area contributed by atoms with E-state index in [4.69, 9.17) is 14.2 Å². The van der Waals surface area contributed by atoms with Crippen LogP contribution < -0.4 is 24.8 Å². The predicted octanol–water partition coefficient (Wildman–Crippen LogP) is 6.08. The van der Waals surface area contributed by atoms with Gasteiger partial charge in [-0.1, -0.05) is 36.4 Å². The number of ether oxygens (including phenoxy) is 3. The first-order valence-electron chi connectivity index (χ1n) is 11.9. The van der Waals surface area contributed by atoms with E-state index in [0.717, 1.165) is 39.5 Å². The van der Waals surface area contributed by atoms with Crippen LogP contribution in [0.2, 0.25) is 0 Å². The van der Waals surface area contributed by atoms with Crippen LogP contribution in [-0.4, -0.2) is 26.6 Å². The van der Waals surface area contributed by atoms with Gasteiger partial charge in [-0.25, -0.2) is 0 Å². The molecule has 5 rings (SSSR count). The fraction of sp³-hybridized carbons (Fsp3) is 0.276. The summed E-state index contributed by atoms with van der Waals surface area (Å²) in [6.07, 6.45) is 1.13. The standard InChI is InChI=1S/C29H30N2O4/c1-4-35-25-12-8-5-9-20(25)29-28-23(30-21-10-6-7-11-22(21)31-29)15-19(16-24(28)32)18-13-14-26(33-2)27(17-18)34-3/h5-14,17,19,29-31H,4,15-16H2,1-3H3. The molecule has 0 radical (unpaired) electrons. The van der Waals surface area contributed by atoms with Gasteiger partial charge in [0.1, 0.15) is 5.75 Å². The molecule has 6 nitrogen and oxygen atoms in total. The molecule has 1 aliphatic heterocycles. The van der Waals surface area contributed by atoms with Gasteiger partial charge in [0.25, 0.3) is 0 Å². The maximum atomic E-state index is 13.8. The molecule has 0 aromatic heterocycles. The van der Waals surface area contributed by atoms with Crippen molar-refractivity contribution in [1.29, 1.82) is 0 Å². The summed E-state index contributed by atoms with van der Waals surface area (Å²) < 4.78 is 16.9. The van der Waals surface area contributed by atoms with Crippen molar-refractivity contribution in [3.8, 4) is 17.2 Å². The minimum Gasteiger partial charge on any atom is -0.494 e. The van der Waals surface area contributed by atoms with E-state index in [1.54, 1.807) is 14.2 Å². The van der Waals surface area contributed by atoms with Crippen LogP contribution in [0.1, 0.15) is 42.9 Å². The van der Waals surface area contributed by atoms with Crippen molar-refractivity contribution >= 4 is 17.2 Å². The highest BCUT2D eigenvalue weighted by atomic mass is 16.5. The summed E-state index contributed by atoms with van der Waals surface area (Å²) in [7, 11) is 3.25. The van der Waals surface area contributed by atoms with Crippen molar-refractivity contribution in [3.05, 3.63) is 89.1 Å². The minimum absolute atomic E-state index is 0.0293. The molecular formula is C29H30N2O4. The number of hydrogen-bond acceptors (Lipinski definition) is 6. The Bertz CT molecular complexity index is 1280. The number of hydrogen-bond donors (Lipinski definition) is 2. The molecule has 2 N–H and O–H groups in total. The van der Waals surface area contributed by atoms with Crippen LogP contribution in [-0.2, 0) is 4.79 Å². The number of fused-ring (bicyclic) bond motifs is 1. The second kappa shape index (κ2) is 9.74. The van der Waals surface area contributed by atoms with Crippen LogP contribution in [0.4, 0.5) is 11.4 Å². The van der Waals surface area contributed by atoms with Crippen LogP contribution >= 0.6 is 0 Å². The zero-order valence-electron chi connectivity index (χ0n) is 20.3. The molecule has 0 bridgehead atoms. The van der Waals surface area contributed by atoms with Gasteiger partial charge in [0.2, 0.25) is 0 Å². The Labute approximate surface area is 205 Å². The van der Waals surface area contributed by atoms with E-state index in [1.807, 2.05) is 73.7 Å². The van der Waals surface area contributed by atoms with E-state index in [-0.39, 0.29) is 17.7 Å². The maximum Gasteiger partial charge on any atom is 0.163 e. The molecule has 1 aliphatic carbocycles. The number of ketones is 1. The molecule has 0 saturated carbocycles. The third-order valence-electron chi connectivity index (χ3n) is 6.72. The van der Waals surface area contributed by atoms with Gasteiger partial charge in [-0.3, -0.25) is 4.79 Å². The second-order valence-corrected chi connectivity index (χ2v) is 8.75. The highest BCUT2D eigenvalue weighted by Crippen LogP contribution is 2.46. The molecule has 2 aliphatic rings. The van der Waals surface area contributed by atoms with Crippen LogP contribution in [0.3, 0.4) is 0 Å². The molecule has 0 spiro atoms. The molecule has 3 aromatic carbocycles. The maximum absolute atomic E-state index is 13.8. The lowest BCUT2D eigenvalue weighted by atomic mass is 9.78.